The van der Waals surface area contributed by atoms with Gasteiger partial charge in [-0.2, -0.15) is 0 Å². The van der Waals surface area contributed by atoms with Gasteiger partial charge < -0.3 is 20.3 Å². The number of carbonyl (C=O) groups is 2. The van der Waals surface area contributed by atoms with Gasteiger partial charge >= 0.3 is 5.97 Å². The first kappa shape index (κ1) is 20.6. The number of amides is 1. The van der Waals surface area contributed by atoms with E-state index in [9.17, 15) is 9.59 Å². The van der Waals surface area contributed by atoms with Crippen LogP contribution < -0.4 is 10.6 Å². The molecule has 0 spiro atoms. The van der Waals surface area contributed by atoms with Crippen LogP contribution >= 0.6 is 23.6 Å². The molecule has 4 aliphatic carbocycles. The van der Waals surface area contributed by atoms with Crippen molar-refractivity contribution in [2.24, 2.45) is 17.8 Å². The summed E-state index contributed by atoms with van der Waals surface area (Å²) >= 11 is 6.92. The second kappa shape index (κ2) is 7.54. The van der Waals surface area contributed by atoms with Crippen molar-refractivity contribution in [3.63, 3.8) is 0 Å². The molecule has 1 aromatic rings. The van der Waals surface area contributed by atoms with Gasteiger partial charge in [-0.3, -0.25) is 4.79 Å². The highest BCUT2D eigenvalue weighted by atomic mass is 32.1. The number of nitrogens with zero attached hydrogens (tertiary/aromatic N) is 1. The molecule has 4 saturated carbocycles. The van der Waals surface area contributed by atoms with Crippen LogP contribution in [0.1, 0.15) is 64.1 Å². The fourth-order valence-corrected chi connectivity index (χ4v) is 7.60. The summed E-state index contributed by atoms with van der Waals surface area (Å²) in [5.41, 5.74) is 1.09. The topological polar surface area (TPSA) is 70.7 Å². The molecule has 1 amide bonds. The molecular weight excluding hydrogens is 406 g/mol. The first-order valence-electron chi connectivity index (χ1n) is 10.2. The minimum atomic E-state index is -0.461. The summed E-state index contributed by atoms with van der Waals surface area (Å²) in [5, 5.41) is 7.94. The van der Waals surface area contributed by atoms with Gasteiger partial charge in [0, 0.05) is 19.6 Å². The van der Waals surface area contributed by atoms with Crippen LogP contribution in [-0.2, 0) is 4.74 Å². The Kier molecular flexibility index (Phi) is 5.36. The lowest BCUT2D eigenvalue weighted by molar-refractivity contribution is -0.00972. The van der Waals surface area contributed by atoms with E-state index in [1.807, 2.05) is 0 Å². The summed E-state index contributed by atoms with van der Waals surface area (Å²) in [5.74, 6) is 1.85. The second-order valence-electron chi connectivity index (χ2n) is 9.23. The Morgan fingerprint density at radius 2 is 1.69 bits per heavy atom. The lowest BCUT2D eigenvalue weighted by Gasteiger charge is -2.57. The van der Waals surface area contributed by atoms with Crippen LogP contribution in [-0.4, -0.2) is 48.6 Å². The van der Waals surface area contributed by atoms with Gasteiger partial charge in [0.15, 0.2) is 5.11 Å². The summed E-state index contributed by atoms with van der Waals surface area (Å²) < 4.78 is 4.97. The monoisotopic (exact) mass is 435 g/mol. The van der Waals surface area contributed by atoms with Crippen molar-refractivity contribution < 1.29 is 14.3 Å². The van der Waals surface area contributed by atoms with E-state index in [1.54, 1.807) is 21.0 Å². The first-order valence-corrected chi connectivity index (χ1v) is 11.5. The van der Waals surface area contributed by atoms with Crippen LogP contribution in [0.25, 0.3) is 0 Å². The van der Waals surface area contributed by atoms with Crippen molar-refractivity contribution in [3.8, 4) is 0 Å². The number of hydrogen-bond acceptors (Lipinski definition) is 5. The molecule has 29 heavy (non-hydrogen) atoms. The Morgan fingerprint density at radius 3 is 2.17 bits per heavy atom. The fourth-order valence-electron chi connectivity index (χ4n) is 6.00. The predicted molar refractivity (Wildman–Crippen MR) is 119 cm³/mol. The average molecular weight is 436 g/mol. The Balaban J connectivity index is 1.55. The molecule has 1 aromatic heterocycles. The molecule has 0 radical (unpaired) electrons. The molecule has 5 rings (SSSR count). The van der Waals surface area contributed by atoms with Crippen molar-refractivity contribution in [1.82, 2.24) is 10.2 Å². The molecule has 0 aliphatic heterocycles. The summed E-state index contributed by atoms with van der Waals surface area (Å²) in [6, 6.07) is 0. The zero-order chi connectivity index (χ0) is 20.9. The molecule has 0 unspecified atom stereocenters. The van der Waals surface area contributed by atoms with Crippen molar-refractivity contribution >= 4 is 45.5 Å². The second-order valence-corrected chi connectivity index (χ2v) is 10.7. The number of hydrogen-bond donors (Lipinski definition) is 2. The smallest absolute Gasteiger partial charge is 0.341 e. The third-order valence-electron chi connectivity index (χ3n) is 6.78. The molecule has 4 aliphatic rings. The Morgan fingerprint density at radius 1 is 1.14 bits per heavy atom. The lowest BCUT2D eigenvalue weighted by atomic mass is 9.53. The molecule has 4 fully saturated rings. The van der Waals surface area contributed by atoms with Crippen LogP contribution in [0.4, 0.5) is 5.00 Å². The van der Waals surface area contributed by atoms with E-state index < -0.39 is 5.97 Å². The van der Waals surface area contributed by atoms with E-state index >= 15 is 0 Å². The molecule has 1 heterocycles. The summed E-state index contributed by atoms with van der Waals surface area (Å²) in [4.78, 5) is 27.0. The third-order valence-corrected chi connectivity index (χ3v) is 8.18. The summed E-state index contributed by atoms with van der Waals surface area (Å²) in [6.07, 6.45) is 7.64. The minimum Gasteiger partial charge on any atom is -0.465 e. The Hall–Kier alpha value is -1.67. The third kappa shape index (κ3) is 3.77. The number of methoxy groups -OCH3 is 1. The van der Waals surface area contributed by atoms with Crippen molar-refractivity contribution in [2.45, 2.75) is 51.0 Å². The molecule has 0 atom stereocenters. The van der Waals surface area contributed by atoms with Gasteiger partial charge in [-0.15, -0.1) is 11.3 Å². The van der Waals surface area contributed by atoms with Gasteiger partial charge in [0.25, 0.3) is 5.91 Å². The minimum absolute atomic E-state index is 0.0822. The molecular formula is C21H29N3O3S2. The van der Waals surface area contributed by atoms with Crippen LogP contribution in [0.5, 0.6) is 0 Å². The number of rotatable bonds is 4. The van der Waals surface area contributed by atoms with Crippen molar-refractivity contribution in [1.29, 1.82) is 0 Å². The van der Waals surface area contributed by atoms with Crippen LogP contribution in [0, 0.1) is 24.7 Å². The Labute approximate surface area is 181 Å². The number of nitrogens with one attached hydrogen (secondary N) is 2. The Bertz CT molecular complexity index is 826. The van der Waals surface area contributed by atoms with E-state index in [2.05, 4.69) is 10.6 Å². The highest BCUT2D eigenvalue weighted by Crippen LogP contribution is 2.55. The van der Waals surface area contributed by atoms with Gasteiger partial charge in [0.2, 0.25) is 0 Å². The molecule has 158 valence electrons. The largest absolute Gasteiger partial charge is 0.465 e. The van der Waals surface area contributed by atoms with Crippen LogP contribution in [0.3, 0.4) is 0 Å². The molecule has 8 heteroatoms. The quantitative estimate of drug-likeness (QED) is 0.554. The highest BCUT2D eigenvalue weighted by Gasteiger charge is 2.51. The van der Waals surface area contributed by atoms with Crippen molar-refractivity contribution in [3.05, 3.63) is 16.0 Å². The molecule has 6 nitrogen and oxygen atoms in total. The molecule has 4 bridgehead atoms. The number of anilines is 1. The number of thiophene rings is 1. The van der Waals surface area contributed by atoms with Crippen LogP contribution in [0.15, 0.2) is 0 Å². The highest BCUT2D eigenvalue weighted by molar-refractivity contribution is 7.80. The predicted octanol–water partition coefficient (Wildman–Crippen LogP) is 3.80. The van der Waals surface area contributed by atoms with Gasteiger partial charge in [0.1, 0.15) is 5.00 Å². The number of esters is 1. The molecule has 0 saturated heterocycles. The SMILES string of the molecule is COC(=O)c1c(NC(=S)NC23CC4CC(CC(C4)C2)C3)sc(C(=O)N(C)C)c1C. The van der Waals surface area contributed by atoms with E-state index in [1.165, 1.54) is 61.9 Å². The standard InChI is InChI=1S/C21H29N3O3S2/c1-11-15(19(26)27-4)17(29-16(11)18(25)24(2)3)22-20(28)23-21-8-12-5-13(9-21)7-14(6-12)10-21/h12-14H,5-10H2,1-4H3,(H2,22,23,28). The lowest BCUT2D eigenvalue weighted by Crippen LogP contribution is -2.60. The number of ether oxygens (including phenoxy) is 1. The zero-order valence-corrected chi connectivity index (χ0v) is 19.1. The van der Waals surface area contributed by atoms with Gasteiger partial charge in [-0.25, -0.2) is 4.79 Å². The molecule has 2 N–H and O–H groups in total. The number of carbonyl (C=O) groups excluding carboxylic acids is 2. The first-order chi connectivity index (χ1) is 13.7. The fraction of sp³-hybridized carbons (Fsp3) is 0.667. The van der Waals surface area contributed by atoms with Gasteiger partial charge in [0.05, 0.1) is 17.6 Å². The summed E-state index contributed by atoms with van der Waals surface area (Å²) in [7, 11) is 4.75. The maximum Gasteiger partial charge on any atom is 0.341 e. The van der Waals surface area contributed by atoms with Crippen LogP contribution in [0.2, 0.25) is 0 Å². The van der Waals surface area contributed by atoms with Gasteiger partial charge in [-0.1, -0.05) is 0 Å². The van der Waals surface area contributed by atoms with Crippen molar-refractivity contribution in [2.75, 3.05) is 26.5 Å². The maximum absolute atomic E-state index is 12.5. The normalized spacial score (nSPS) is 29.4. The van der Waals surface area contributed by atoms with E-state index in [0.29, 0.717) is 26.1 Å². The van der Waals surface area contributed by atoms with E-state index in [0.717, 1.165) is 17.8 Å². The molecule has 0 aromatic carbocycles. The van der Waals surface area contributed by atoms with E-state index in [-0.39, 0.29) is 11.4 Å². The van der Waals surface area contributed by atoms with E-state index in [4.69, 9.17) is 17.0 Å². The van der Waals surface area contributed by atoms with Gasteiger partial charge in [-0.05, 0) is 81.0 Å². The maximum atomic E-state index is 12.5. The average Bonchev–Trinajstić information content (AvgIpc) is 2.94. The number of thiocarbonyl (C=S) groups is 1. The zero-order valence-electron chi connectivity index (χ0n) is 17.5. The summed E-state index contributed by atoms with van der Waals surface area (Å²) in [6.45, 7) is 1.78.